The first-order valence-electron chi connectivity index (χ1n) is 6.98. The molecule has 92 valence electrons. The van der Waals surface area contributed by atoms with Crippen LogP contribution >= 0.6 is 0 Å². The zero-order valence-corrected chi connectivity index (χ0v) is 10.7. The Morgan fingerprint density at radius 3 is 2.75 bits per heavy atom. The molecule has 2 bridgehead atoms. The Bertz CT molecular complexity index is 274. The molecule has 2 aliphatic heterocycles. The van der Waals surface area contributed by atoms with E-state index >= 15 is 0 Å². The summed E-state index contributed by atoms with van der Waals surface area (Å²) in [6, 6.07) is 0. The van der Waals surface area contributed by atoms with E-state index in [1.54, 1.807) is 0 Å². The maximum Gasteiger partial charge on any atom is 0.0974 e. The van der Waals surface area contributed by atoms with Gasteiger partial charge in [-0.1, -0.05) is 20.8 Å². The monoisotopic (exact) mass is 224 g/mol. The lowest BCUT2D eigenvalue weighted by molar-refractivity contribution is -0.169. The molecule has 2 heterocycles. The van der Waals surface area contributed by atoms with Crippen molar-refractivity contribution in [2.75, 3.05) is 0 Å². The van der Waals surface area contributed by atoms with E-state index in [4.69, 9.17) is 9.47 Å². The van der Waals surface area contributed by atoms with Crippen LogP contribution in [0.1, 0.15) is 52.9 Å². The first-order valence-corrected chi connectivity index (χ1v) is 6.98. The Kier molecular flexibility index (Phi) is 2.56. The van der Waals surface area contributed by atoms with Crippen molar-refractivity contribution in [2.45, 2.75) is 76.8 Å². The molecule has 2 heteroatoms. The van der Waals surface area contributed by atoms with Crippen LogP contribution < -0.4 is 0 Å². The molecule has 1 spiro atoms. The van der Waals surface area contributed by atoms with Gasteiger partial charge >= 0.3 is 0 Å². The van der Waals surface area contributed by atoms with Crippen molar-refractivity contribution in [3.05, 3.63) is 0 Å². The summed E-state index contributed by atoms with van der Waals surface area (Å²) in [4.78, 5) is 0. The molecule has 0 aromatic rings. The van der Waals surface area contributed by atoms with Crippen molar-refractivity contribution >= 4 is 0 Å². The van der Waals surface area contributed by atoms with Crippen LogP contribution in [-0.4, -0.2) is 23.9 Å². The molecule has 1 unspecified atom stereocenters. The molecule has 0 N–H and O–H groups in total. The molecule has 3 aliphatic rings. The highest BCUT2D eigenvalue weighted by atomic mass is 16.6. The van der Waals surface area contributed by atoms with E-state index in [9.17, 15) is 0 Å². The van der Waals surface area contributed by atoms with Crippen molar-refractivity contribution in [3.8, 4) is 0 Å². The van der Waals surface area contributed by atoms with Gasteiger partial charge in [-0.25, -0.2) is 0 Å². The zero-order chi connectivity index (χ0) is 11.3. The molecule has 3 fully saturated rings. The lowest BCUT2D eigenvalue weighted by Gasteiger charge is -2.45. The number of hydrogen-bond acceptors (Lipinski definition) is 2. The minimum Gasteiger partial charge on any atom is -0.372 e. The van der Waals surface area contributed by atoms with Gasteiger partial charge in [-0.15, -0.1) is 0 Å². The van der Waals surface area contributed by atoms with Crippen LogP contribution in [0.3, 0.4) is 0 Å². The van der Waals surface area contributed by atoms with Gasteiger partial charge in [0.25, 0.3) is 0 Å². The molecular weight excluding hydrogens is 200 g/mol. The van der Waals surface area contributed by atoms with Crippen molar-refractivity contribution in [1.29, 1.82) is 0 Å². The summed E-state index contributed by atoms with van der Waals surface area (Å²) in [6.45, 7) is 6.95. The predicted octanol–water partition coefficient (Wildman–Crippen LogP) is 3.15. The van der Waals surface area contributed by atoms with Crippen LogP contribution in [0.5, 0.6) is 0 Å². The van der Waals surface area contributed by atoms with Gasteiger partial charge < -0.3 is 9.47 Å². The van der Waals surface area contributed by atoms with E-state index in [0.29, 0.717) is 24.2 Å². The van der Waals surface area contributed by atoms with Crippen molar-refractivity contribution in [2.24, 2.45) is 11.8 Å². The smallest absolute Gasteiger partial charge is 0.0974 e. The fourth-order valence-corrected chi connectivity index (χ4v) is 4.00. The third-order valence-corrected chi connectivity index (χ3v) is 5.23. The second-order valence-electron chi connectivity index (χ2n) is 6.20. The molecule has 16 heavy (non-hydrogen) atoms. The average molecular weight is 224 g/mol. The van der Waals surface area contributed by atoms with E-state index in [1.807, 2.05) is 0 Å². The minimum absolute atomic E-state index is 0.0928. The quantitative estimate of drug-likeness (QED) is 0.681. The minimum atomic E-state index is 0.0928. The summed E-state index contributed by atoms with van der Waals surface area (Å²) in [5, 5.41) is 0. The van der Waals surface area contributed by atoms with Gasteiger partial charge in [0.2, 0.25) is 0 Å². The summed E-state index contributed by atoms with van der Waals surface area (Å²) < 4.78 is 12.6. The van der Waals surface area contributed by atoms with Crippen LogP contribution in [0.4, 0.5) is 0 Å². The fourth-order valence-electron chi connectivity index (χ4n) is 4.00. The Morgan fingerprint density at radius 1 is 1.19 bits per heavy atom. The fraction of sp³-hybridized carbons (Fsp3) is 1.00. The summed E-state index contributed by atoms with van der Waals surface area (Å²) in [7, 11) is 0. The second kappa shape index (κ2) is 3.71. The number of hydrogen-bond donors (Lipinski definition) is 0. The molecular formula is C14H24O2. The van der Waals surface area contributed by atoms with Crippen molar-refractivity contribution in [1.82, 2.24) is 0 Å². The van der Waals surface area contributed by atoms with Gasteiger partial charge in [0.15, 0.2) is 0 Å². The normalized spacial score (nSPS) is 56.1. The van der Waals surface area contributed by atoms with Crippen LogP contribution in [0.2, 0.25) is 0 Å². The summed E-state index contributed by atoms with van der Waals surface area (Å²) in [6.07, 6.45) is 7.28. The van der Waals surface area contributed by atoms with Gasteiger partial charge in [-0.2, -0.15) is 0 Å². The first-order chi connectivity index (χ1) is 7.64. The highest BCUT2D eigenvalue weighted by molar-refractivity contribution is 5.07. The lowest BCUT2D eigenvalue weighted by Crippen LogP contribution is -2.50. The van der Waals surface area contributed by atoms with Gasteiger partial charge in [-0.05, 0) is 37.5 Å². The molecule has 0 aromatic heterocycles. The Hall–Kier alpha value is -0.0800. The number of fused-ring (bicyclic) bond motifs is 1. The highest BCUT2D eigenvalue weighted by Gasteiger charge is 2.58. The van der Waals surface area contributed by atoms with Crippen molar-refractivity contribution in [3.63, 3.8) is 0 Å². The topological polar surface area (TPSA) is 18.5 Å². The van der Waals surface area contributed by atoms with E-state index < -0.39 is 0 Å². The van der Waals surface area contributed by atoms with Crippen LogP contribution in [-0.2, 0) is 9.47 Å². The molecule has 0 amide bonds. The lowest BCUT2D eigenvalue weighted by atomic mass is 9.70. The van der Waals surface area contributed by atoms with Crippen molar-refractivity contribution < 1.29 is 9.47 Å². The molecule has 0 aromatic carbocycles. The molecule has 3 rings (SSSR count). The van der Waals surface area contributed by atoms with Gasteiger partial charge in [0.05, 0.1) is 23.9 Å². The van der Waals surface area contributed by atoms with E-state index in [0.717, 1.165) is 18.8 Å². The third-order valence-electron chi connectivity index (χ3n) is 5.23. The summed E-state index contributed by atoms with van der Waals surface area (Å²) in [5.41, 5.74) is 0.0928. The molecule has 2 saturated heterocycles. The maximum absolute atomic E-state index is 6.41. The summed E-state index contributed by atoms with van der Waals surface area (Å²) in [5.74, 6) is 1.46. The average Bonchev–Trinajstić information content (AvgIpc) is 2.60. The first kappa shape index (κ1) is 11.0. The van der Waals surface area contributed by atoms with Crippen LogP contribution in [0.25, 0.3) is 0 Å². The number of ether oxygens (including phenoxy) is 2. The van der Waals surface area contributed by atoms with Gasteiger partial charge in [0, 0.05) is 6.42 Å². The Balaban J connectivity index is 1.84. The standard InChI is InChI=1S/C14H24O2/c1-4-11-5-6-13-14(16-11)7-9(2)10(3)12(8-14)15-13/h9-13H,4-8H2,1-3H3/t9-,10?,11+,12+,13+,14+/m1/s1. The zero-order valence-electron chi connectivity index (χ0n) is 10.7. The summed E-state index contributed by atoms with van der Waals surface area (Å²) >= 11 is 0. The highest BCUT2D eigenvalue weighted by Crippen LogP contribution is 2.52. The van der Waals surface area contributed by atoms with Crippen LogP contribution in [0, 0.1) is 11.8 Å². The third kappa shape index (κ3) is 1.46. The van der Waals surface area contributed by atoms with E-state index in [2.05, 4.69) is 20.8 Å². The molecule has 1 aliphatic carbocycles. The largest absolute Gasteiger partial charge is 0.372 e. The van der Waals surface area contributed by atoms with Crippen LogP contribution in [0.15, 0.2) is 0 Å². The molecule has 2 nitrogen and oxygen atoms in total. The second-order valence-corrected chi connectivity index (χ2v) is 6.20. The Labute approximate surface area is 98.7 Å². The molecule has 1 saturated carbocycles. The molecule has 6 atom stereocenters. The van der Waals surface area contributed by atoms with E-state index in [-0.39, 0.29) is 5.60 Å². The maximum atomic E-state index is 6.41. The van der Waals surface area contributed by atoms with Gasteiger partial charge in [0.1, 0.15) is 0 Å². The number of rotatable bonds is 1. The Morgan fingerprint density at radius 2 is 2.00 bits per heavy atom. The van der Waals surface area contributed by atoms with E-state index in [1.165, 1.54) is 19.3 Å². The molecule has 0 radical (unpaired) electrons. The predicted molar refractivity (Wildman–Crippen MR) is 63.4 cm³/mol. The van der Waals surface area contributed by atoms with Gasteiger partial charge in [-0.3, -0.25) is 0 Å². The SMILES string of the molecule is CC[C@H]1CC[C@@H]2O[C@H]3C[C@]2(C[C@@H](C)C3C)O1.